The third-order valence-corrected chi connectivity index (χ3v) is 9.34. The SMILES string of the molecule is C=CCCc1ccc(C2CCC(C3CCC4CC(CC/C=C/C)CCC4C3)CC2)cc1F. The van der Waals surface area contributed by atoms with E-state index in [1.54, 1.807) is 0 Å². The van der Waals surface area contributed by atoms with Crippen LogP contribution in [0.3, 0.4) is 0 Å². The van der Waals surface area contributed by atoms with E-state index < -0.39 is 0 Å². The maximum absolute atomic E-state index is 14.5. The first-order valence-corrected chi connectivity index (χ1v) is 13.7. The van der Waals surface area contributed by atoms with Gasteiger partial charge in [0, 0.05) is 0 Å². The average Bonchev–Trinajstić information content (AvgIpc) is 2.83. The van der Waals surface area contributed by atoms with Crippen molar-refractivity contribution in [3.05, 3.63) is 60.0 Å². The topological polar surface area (TPSA) is 0 Å². The molecule has 0 nitrogen and oxygen atoms in total. The van der Waals surface area contributed by atoms with E-state index >= 15 is 0 Å². The molecule has 0 saturated heterocycles. The number of hydrogen-bond acceptors (Lipinski definition) is 0. The molecule has 0 aromatic heterocycles. The van der Waals surface area contributed by atoms with Crippen LogP contribution < -0.4 is 0 Å². The fraction of sp³-hybridized carbons (Fsp3) is 0.677. The summed E-state index contributed by atoms with van der Waals surface area (Å²) in [4.78, 5) is 0. The summed E-state index contributed by atoms with van der Waals surface area (Å²) in [5.41, 5.74) is 2.08. The first-order chi connectivity index (χ1) is 15.7. The molecular weight excluding hydrogens is 391 g/mol. The van der Waals surface area contributed by atoms with Crippen LogP contribution in [0.15, 0.2) is 43.0 Å². The largest absolute Gasteiger partial charge is 0.207 e. The number of rotatable bonds is 8. The molecule has 4 atom stereocenters. The van der Waals surface area contributed by atoms with Gasteiger partial charge in [0.05, 0.1) is 0 Å². The van der Waals surface area contributed by atoms with E-state index in [2.05, 4.69) is 31.7 Å². The minimum atomic E-state index is -0.00823. The predicted molar refractivity (Wildman–Crippen MR) is 135 cm³/mol. The Morgan fingerprint density at radius 3 is 2.28 bits per heavy atom. The Kier molecular flexibility index (Phi) is 8.67. The van der Waals surface area contributed by atoms with Crippen LogP contribution in [0.5, 0.6) is 0 Å². The second-order valence-electron chi connectivity index (χ2n) is 11.2. The zero-order valence-corrected chi connectivity index (χ0v) is 20.4. The molecule has 0 spiro atoms. The number of fused-ring (bicyclic) bond motifs is 1. The number of halogens is 1. The normalized spacial score (nSPS) is 33.2. The quantitative estimate of drug-likeness (QED) is 0.356. The zero-order valence-electron chi connectivity index (χ0n) is 20.4. The first kappa shape index (κ1) is 23.8. The van der Waals surface area contributed by atoms with Crippen LogP contribution >= 0.6 is 0 Å². The Morgan fingerprint density at radius 1 is 0.875 bits per heavy atom. The van der Waals surface area contributed by atoms with Gasteiger partial charge in [-0.3, -0.25) is 0 Å². The van der Waals surface area contributed by atoms with Gasteiger partial charge >= 0.3 is 0 Å². The van der Waals surface area contributed by atoms with Crippen molar-refractivity contribution in [1.82, 2.24) is 0 Å². The van der Waals surface area contributed by atoms with Crippen molar-refractivity contribution in [2.75, 3.05) is 0 Å². The molecule has 0 heterocycles. The third-order valence-electron chi connectivity index (χ3n) is 9.34. The summed E-state index contributed by atoms with van der Waals surface area (Å²) in [5, 5.41) is 0. The fourth-order valence-electron chi connectivity index (χ4n) is 7.41. The van der Waals surface area contributed by atoms with Crippen molar-refractivity contribution in [2.24, 2.45) is 29.6 Å². The lowest BCUT2D eigenvalue weighted by molar-refractivity contribution is 0.0621. The highest BCUT2D eigenvalue weighted by atomic mass is 19.1. The van der Waals surface area contributed by atoms with Crippen LogP contribution in [0, 0.1) is 35.4 Å². The highest BCUT2D eigenvalue weighted by Gasteiger charge is 2.38. The Hall–Kier alpha value is -1.37. The van der Waals surface area contributed by atoms with E-state index in [4.69, 9.17) is 0 Å². The van der Waals surface area contributed by atoms with Crippen molar-refractivity contribution < 1.29 is 4.39 Å². The van der Waals surface area contributed by atoms with E-state index in [0.717, 1.165) is 48.0 Å². The van der Waals surface area contributed by atoms with Gasteiger partial charge in [-0.05, 0) is 143 Å². The van der Waals surface area contributed by atoms with Gasteiger partial charge in [-0.1, -0.05) is 36.8 Å². The molecule has 32 heavy (non-hydrogen) atoms. The molecule has 1 heteroatoms. The lowest BCUT2D eigenvalue weighted by Gasteiger charge is -2.45. The lowest BCUT2D eigenvalue weighted by atomic mass is 9.60. The second kappa shape index (κ2) is 11.7. The highest BCUT2D eigenvalue weighted by molar-refractivity contribution is 5.27. The first-order valence-electron chi connectivity index (χ1n) is 13.7. The molecule has 3 saturated carbocycles. The highest BCUT2D eigenvalue weighted by Crippen LogP contribution is 2.50. The van der Waals surface area contributed by atoms with Crippen molar-refractivity contribution in [2.45, 2.75) is 103 Å². The summed E-state index contributed by atoms with van der Waals surface area (Å²) in [5.74, 6) is 5.48. The van der Waals surface area contributed by atoms with Gasteiger partial charge in [-0.15, -0.1) is 6.58 Å². The van der Waals surface area contributed by atoms with Crippen LogP contribution in [-0.2, 0) is 6.42 Å². The molecule has 0 aliphatic heterocycles. The Balaban J connectivity index is 1.24. The number of hydrogen-bond donors (Lipinski definition) is 0. The van der Waals surface area contributed by atoms with Crippen molar-refractivity contribution in [1.29, 1.82) is 0 Å². The molecular formula is C31H45F. The smallest absolute Gasteiger partial charge is 0.126 e. The number of allylic oxidation sites excluding steroid dienone is 3. The van der Waals surface area contributed by atoms with Gasteiger partial charge in [0.1, 0.15) is 5.82 Å². The number of benzene rings is 1. The molecule has 3 aliphatic carbocycles. The van der Waals surface area contributed by atoms with Crippen molar-refractivity contribution >= 4 is 0 Å². The van der Waals surface area contributed by atoms with Crippen LogP contribution in [0.4, 0.5) is 4.39 Å². The Labute approximate surface area is 196 Å². The van der Waals surface area contributed by atoms with E-state index in [1.807, 2.05) is 18.2 Å². The van der Waals surface area contributed by atoms with Gasteiger partial charge < -0.3 is 0 Å². The molecule has 176 valence electrons. The van der Waals surface area contributed by atoms with Gasteiger partial charge in [0.2, 0.25) is 0 Å². The van der Waals surface area contributed by atoms with E-state index in [1.165, 1.54) is 82.6 Å². The molecule has 1 aromatic rings. The summed E-state index contributed by atoms with van der Waals surface area (Å²) in [6, 6.07) is 6.06. The summed E-state index contributed by atoms with van der Waals surface area (Å²) in [7, 11) is 0. The summed E-state index contributed by atoms with van der Waals surface area (Å²) in [6.07, 6.45) is 24.9. The molecule has 0 N–H and O–H groups in total. The summed E-state index contributed by atoms with van der Waals surface area (Å²) in [6.45, 7) is 5.90. The molecule has 0 amide bonds. The lowest BCUT2D eigenvalue weighted by Crippen LogP contribution is -2.34. The average molecular weight is 437 g/mol. The van der Waals surface area contributed by atoms with E-state index in [9.17, 15) is 4.39 Å². The predicted octanol–water partition coefficient (Wildman–Crippen LogP) is 9.41. The monoisotopic (exact) mass is 436 g/mol. The Bertz CT molecular complexity index is 754. The molecule has 4 rings (SSSR count). The molecule has 3 aliphatic rings. The Morgan fingerprint density at radius 2 is 1.56 bits per heavy atom. The van der Waals surface area contributed by atoms with Crippen molar-refractivity contribution in [3.8, 4) is 0 Å². The van der Waals surface area contributed by atoms with Crippen LogP contribution in [-0.4, -0.2) is 0 Å². The van der Waals surface area contributed by atoms with Gasteiger partial charge in [-0.25, -0.2) is 4.39 Å². The summed E-state index contributed by atoms with van der Waals surface area (Å²) < 4.78 is 14.5. The third kappa shape index (κ3) is 5.95. The van der Waals surface area contributed by atoms with Crippen LogP contribution in [0.1, 0.15) is 107 Å². The number of aryl methyl sites for hydroxylation is 1. The molecule has 1 aromatic carbocycles. The van der Waals surface area contributed by atoms with Crippen molar-refractivity contribution in [3.63, 3.8) is 0 Å². The van der Waals surface area contributed by atoms with E-state index in [0.29, 0.717) is 5.92 Å². The minimum Gasteiger partial charge on any atom is -0.207 e. The molecule has 3 fully saturated rings. The second-order valence-corrected chi connectivity index (χ2v) is 11.2. The molecule has 4 unspecified atom stereocenters. The fourth-order valence-corrected chi connectivity index (χ4v) is 7.41. The minimum absolute atomic E-state index is 0.00823. The summed E-state index contributed by atoms with van der Waals surface area (Å²) >= 11 is 0. The maximum Gasteiger partial charge on any atom is 0.126 e. The van der Waals surface area contributed by atoms with Gasteiger partial charge in [0.15, 0.2) is 0 Å². The van der Waals surface area contributed by atoms with Crippen LogP contribution in [0.2, 0.25) is 0 Å². The maximum atomic E-state index is 14.5. The van der Waals surface area contributed by atoms with Gasteiger partial charge in [0.25, 0.3) is 0 Å². The molecule has 0 radical (unpaired) electrons. The van der Waals surface area contributed by atoms with Crippen LogP contribution in [0.25, 0.3) is 0 Å². The molecule has 0 bridgehead atoms. The standard InChI is InChI=1S/C31H45F/c1-3-5-7-8-23-10-11-29-21-28(19-18-27(29)20-23)24-12-14-25(15-13-24)30-17-16-26(9-6-4-2)31(32)22-30/h3-5,16-17,22-25,27-29H,2,6-15,18-21H2,1H3/b5-3+. The van der Waals surface area contributed by atoms with Gasteiger partial charge in [-0.2, -0.15) is 0 Å². The zero-order chi connectivity index (χ0) is 22.3. The van der Waals surface area contributed by atoms with E-state index in [-0.39, 0.29) is 5.82 Å².